The van der Waals surface area contributed by atoms with Gasteiger partial charge in [-0.25, -0.2) is 9.80 Å². The fraction of sp³-hybridized carbons (Fsp3) is 0.278. The molecule has 1 unspecified atom stereocenters. The van der Waals surface area contributed by atoms with Crippen molar-refractivity contribution >= 4 is 45.7 Å². The van der Waals surface area contributed by atoms with Crippen molar-refractivity contribution in [2.75, 3.05) is 19.0 Å². The predicted octanol–water partition coefficient (Wildman–Crippen LogP) is 4.14. The molecule has 1 aliphatic rings. The molecule has 1 aliphatic heterocycles. The summed E-state index contributed by atoms with van der Waals surface area (Å²) in [5, 5.41) is 11.7. The molecule has 8 heteroatoms. The van der Waals surface area contributed by atoms with Gasteiger partial charge in [-0.2, -0.15) is 5.10 Å². The predicted molar refractivity (Wildman–Crippen MR) is 103 cm³/mol. The minimum atomic E-state index is -1.07. The number of carbonyl (C=O) groups excluding carboxylic acids is 2. The van der Waals surface area contributed by atoms with Crippen LogP contribution in [0.1, 0.15) is 18.1 Å². The molecule has 0 radical (unpaired) electrons. The van der Waals surface area contributed by atoms with Crippen LogP contribution in [0.3, 0.4) is 0 Å². The SMILES string of the molecule is COC(=O)C1(C)CN(C(=O)Nc2sccc2C)N=C1c1ccc(Cl)cc1. The first-order valence-electron chi connectivity index (χ1n) is 7.91. The second-order valence-corrected chi connectivity index (χ2v) is 7.55. The summed E-state index contributed by atoms with van der Waals surface area (Å²) in [6, 6.07) is 8.50. The number of benzene rings is 1. The molecule has 0 spiro atoms. The molecule has 2 heterocycles. The number of ether oxygens (including phenoxy) is 1. The van der Waals surface area contributed by atoms with Crippen LogP contribution in [0.2, 0.25) is 5.02 Å². The number of esters is 1. The number of carbonyl (C=O) groups is 2. The summed E-state index contributed by atoms with van der Waals surface area (Å²) in [4.78, 5) is 25.1. The molecule has 136 valence electrons. The molecule has 0 saturated heterocycles. The van der Waals surface area contributed by atoms with Gasteiger partial charge < -0.3 is 4.74 Å². The zero-order valence-corrected chi connectivity index (χ0v) is 16.1. The maximum atomic E-state index is 12.6. The van der Waals surface area contributed by atoms with Gasteiger partial charge >= 0.3 is 12.0 Å². The molecule has 0 saturated carbocycles. The molecule has 2 aromatic rings. The van der Waals surface area contributed by atoms with Gasteiger partial charge in [-0.05, 0) is 48.6 Å². The highest BCUT2D eigenvalue weighted by Gasteiger charge is 2.48. The molecule has 6 nitrogen and oxygen atoms in total. The molecule has 0 fully saturated rings. The number of hydrogen-bond acceptors (Lipinski definition) is 5. The van der Waals surface area contributed by atoms with Gasteiger partial charge in [0.2, 0.25) is 0 Å². The summed E-state index contributed by atoms with van der Waals surface area (Å²) in [5.74, 6) is -0.450. The fourth-order valence-corrected chi connectivity index (χ4v) is 3.73. The van der Waals surface area contributed by atoms with E-state index in [-0.39, 0.29) is 6.54 Å². The Kier molecular flexibility index (Phi) is 5.02. The van der Waals surface area contributed by atoms with Crippen molar-refractivity contribution in [3.8, 4) is 0 Å². The molecule has 1 aromatic carbocycles. The van der Waals surface area contributed by atoms with E-state index in [1.165, 1.54) is 23.5 Å². The zero-order chi connectivity index (χ0) is 18.9. The van der Waals surface area contributed by atoms with Gasteiger partial charge in [0, 0.05) is 5.02 Å². The van der Waals surface area contributed by atoms with Gasteiger partial charge in [-0.3, -0.25) is 10.1 Å². The van der Waals surface area contributed by atoms with E-state index >= 15 is 0 Å². The quantitative estimate of drug-likeness (QED) is 0.799. The highest BCUT2D eigenvalue weighted by molar-refractivity contribution is 7.14. The maximum absolute atomic E-state index is 12.6. The number of nitrogens with zero attached hydrogens (tertiary/aromatic N) is 2. The highest BCUT2D eigenvalue weighted by Crippen LogP contribution is 2.33. The Morgan fingerprint density at radius 2 is 2.00 bits per heavy atom. The van der Waals surface area contributed by atoms with E-state index in [0.717, 1.165) is 10.6 Å². The van der Waals surface area contributed by atoms with Crippen LogP contribution in [0.15, 0.2) is 40.8 Å². The summed E-state index contributed by atoms with van der Waals surface area (Å²) in [7, 11) is 1.32. The normalized spacial score (nSPS) is 19.2. The topological polar surface area (TPSA) is 71.0 Å². The lowest BCUT2D eigenvalue weighted by atomic mass is 9.82. The number of rotatable bonds is 3. The third-order valence-electron chi connectivity index (χ3n) is 4.28. The molecular weight excluding hydrogens is 374 g/mol. The van der Waals surface area contributed by atoms with E-state index in [4.69, 9.17) is 16.3 Å². The lowest BCUT2D eigenvalue weighted by Crippen LogP contribution is -2.42. The number of hydrogen-bond donors (Lipinski definition) is 1. The smallest absolute Gasteiger partial charge is 0.342 e. The number of thiophene rings is 1. The van der Waals surface area contributed by atoms with Gasteiger partial charge in [-0.1, -0.05) is 23.7 Å². The number of amides is 2. The largest absolute Gasteiger partial charge is 0.468 e. The van der Waals surface area contributed by atoms with E-state index < -0.39 is 17.4 Å². The molecule has 1 N–H and O–H groups in total. The second-order valence-electron chi connectivity index (χ2n) is 6.20. The lowest BCUT2D eigenvalue weighted by Gasteiger charge is -2.23. The Morgan fingerprint density at radius 3 is 2.58 bits per heavy atom. The Labute approximate surface area is 160 Å². The number of urea groups is 1. The first-order chi connectivity index (χ1) is 12.3. The van der Waals surface area contributed by atoms with Crippen LogP contribution >= 0.6 is 22.9 Å². The van der Waals surface area contributed by atoms with Crippen molar-refractivity contribution in [1.82, 2.24) is 5.01 Å². The third kappa shape index (κ3) is 3.32. The molecule has 0 bridgehead atoms. The van der Waals surface area contributed by atoms with Crippen molar-refractivity contribution in [2.24, 2.45) is 10.5 Å². The monoisotopic (exact) mass is 391 g/mol. The van der Waals surface area contributed by atoms with E-state index in [1.807, 2.05) is 18.4 Å². The average Bonchev–Trinajstić information content (AvgIpc) is 3.19. The van der Waals surface area contributed by atoms with Gasteiger partial charge in [-0.15, -0.1) is 11.3 Å². The summed E-state index contributed by atoms with van der Waals surface area (Å²) in [6.07, 6.45) is 0. The Hall–Kier alpha value is -2.38. The van der Waals surface area contributed by atoms with Crippen LogP contribution in [0, 0.1) is 12.3 Å². The first-order valence-corrected chi connectivity index (χ1v) is 9.17. The maximum Gasteiger partial charge on any atom is 0.342 e. The molecule has 2 amide bonds. The number of aryl methyl sites for hydroxylation is 1. The minimum absolute atomic E-state index is 0.0912. The van der Waals surface area contributed by atoms with Gasteiger partial charge in [0.25, 0.3) is 0 Å². The summed E-state index contributed by atoms with van der Waals surface area (Å²) < 4.78 is 4.96. The van der Waals surface area contributed by atoms with Crippen LogP contribution in [-0.2, 0) is 9.53 Å². The van der Waals surface area contributed by atoms with E-state index in [1.54, 1.807) is 31.2 Å². The zero-order valence-electron chi connectivity index (χ0n) is 14.6. The summed E-state index contributed by atoms with van der Waals surface area (Å²) in [5.41, 5.74) is 1.09. The molecule has 1 atom stereocenters. The molecule has 1 aromatic heterocycles. The Morgan fingerprint density at radius 1 is 1.31 bits per heavy atom. The summed E-state index contributed by atoms with van der Waals surface area (Å²) >= 11 is 7.38. The molecule has 3 rings (SSSR count). The van der Waals surface area contributed by atoms with Crippen LogP contribution in [0.4, 0.5) is 9.80 Å². The van der Waals surface area contributed by atoms with Crippen LogP contribution in [0.5, 0.6) is 0 Å². The number of methoxy groups -OCH3 is 1. The van der Waals surface area contributed by atoms with Crippen molar-refractivity contribution in [2.45, 2.75) is 13.8 Å². The van der Waals surface area contributed by atoms with Crippen molar-refractivity contribution in [3.63, 3.8) is 0 Å². The van der Waals surface area contributed by atoms with E-state index in [9.17, 15) is 9.59 Å². The van der Waals surface area contributed by atoms with Crippen molar-refractivity contribution in [1.29, 1.82) is 0 Å². The number of hydrazone groups is 1. The molecular formula is C18H18ClN3O3S. The number of nitrogens with one attached hydrogen (secondary N) is 1. The van der Waals surface area contributed by atoms with Gasteiger partial charge in [0.1, 0.15) is 5.41 Å². The van der Waals surface area contributed by atoms with Crippen molar-refractivity contribution < 1.29 is 14.3 Å². The average molecular weight is 392 g/mol. The van der Waals surface area contributed by atoms with Crippen LogP contribution in [0.25, 0.3) is 0 Å². The molecule has 26 heavy (non-hydrogen) atoms. The number of halogens is 1. The first kappa shape index (κ1) is 18.4. The van der Waals surface area contributed by atoms with Gasteiger partial charge in [0.05, 0.1) is 24.4 Å². The fourth-order valence-electron chi connectivity index (χ4n) is 2.79. The van der Waals surface area contributed by atoms with Crippen molar-refractivity contribution in [3.05, 3.63) is 51.9 Å². The lowest BCUT2D eigenvalue weighted by molar-refractivity contribution is -0.147. The number of anilines is 1. The third-order valence-corrected chi connectivity index (χ3v) is 5.46. The minimum Gasteiger partial charge on any atom is -0.468 e. The van der Waals surface area contributed by atoms with Crippen LogP contribution in [-0.4, -0.2) is 36.4 Å². The van der Waals surface area contributed by atoms with Crippen LogP contribution < -0.4 is 5.32 Å². The van der Waals surface area contributed by atoms with E-state index in [2.05, 4.69) is 10.4 Å². The highest BCUT2D eigenvalue weighted by atomic mass is 35.5. The van der Waals surface area contributed by atoms with E-state index in [0.29, 0.717) is 16.3 Å². The molecule has 0 aliphatic carbocycles. The summed E-state index contributed by atoms with van der Waals surface area (Å²) in [6.45, 7) is 3.72. The Balaban J connectivity index is 1.93. The standard InChI is InChI=1S/C18H18ClN3O3S/c1-11-8-9-26-15(11)20-17(24)22-10-18(2,16(23)25-3)14(21-22)12-4-6-13(19)7-5-12/h4-9H,10H2,1-3H3,(H,20,24). The second kappa shape index (κ2) is 7.09. The Bertz CT molecular complexity index is 878. The van der Waals surface area contributed by atoms with Gasteiger partial charge in [0.15, 0.2) is 0 Å².